The molecule has 0 aromatic carbocycles. The van der Waals surface area contributed by atoms with E-state index in [4.69, 9.17) is 5.26 Å². The van der Waals surface area contributed by atoms with Gasteiger partial charge in [-0.05, 0) is 25.7 Å². The summed E-state index contributed by atoms with van der Waals surface area (Å²) in [5.74, 6) is 2.10. The molecule has 0 saturated heterocycles. The van der Waals surface area contributed by atoms with Crippen molar-refractivity contribution in [3.05, 3.63) is 17.6 Å². The number of rotatable bonds is 5. The monoisotopic (exact) mass is 218 g/mol. The summed E-state index contributed by atoms with van der Waals surface area (Å²) in [4.78, 5) is 8.22. The lowest BCUT2D eigenvalue weighted by atomic mass is 10.1. The van der Waals surface area contributed by atoms with Crippen molar-refractivity contribution in [2.24, 2.45) is 5.92 Å². The van der Waals surface area contributed by atoms with Gasteiger partial charge in [-0.25, -0.2) is 9.97 Å². The average Bonchev–Trinajstić information content (AvgIpc) is 2.23. The van der Waals surface area contributed by atoms with Gasteiger partial charge < -0.3 is 5.32 Å². The third-order valence-electron chi connectivity index (χ3n) is 2.22. The van der Waals surface area contributed by atoms with Crippen LogP contribution < -0.4 is 5.32 Å². The van der Waals surface area contributed by atoms with Crippen LogP contribution in [0.3, 0.4) is 0 Å². The normalized spacial score (nSPS) is 10.2. The van der Waals surface area contributed by atoms with Gasteiger partial charge >= 0.3 is 0 Å². The van der Waals surface area contributed by atoms with Crippen LogP contribution in [0.5, 0.6) is 0 Å². The molecule has 0 atom stereocenters. The van der Waals surface area contributed by atoms with Crippen LogP contribution in [0, 0.1) is 24.2 Å². The Morgan fingerprint density at radius 3 is 2.81 bits per heavy atom. The molecule has 1 aromatic rings. The summed E-state index contributed by atoms with van der Waals surface area (Å²) in [6.07, 6.45) is 2.31. The van der Waals surface area contributed by atoms with Crippen LogP contribution >= 0.6 is 0 Å². The first-order chi connectivity index (χ1) is 7.61. The van der Waals surface area contributed by atoms with E-state index in [-0.39, 0.29) is 0 Å². The van der Waals surface area contributed by atoms with Gasteiger partial charge in [0, 0.05) is 12.6 Å². The second-order valence-corrected chi connectivity index (χ2v) is 4.26. The minimum atomic E-state index is 0.416. The van der Waals surface area contributed by atoms with Crippen molar-refractivity contribution in [1.29, 1.82) is 5.26 Å². The number of nitriles is 1. The van der Waals surface area contributed by atoms with E-state index in [0.29, 0.717) is 11.5 Å². The Kier molecular flexibility index (Phi) is 4.71. The molecule has 0 bridgehead atoms. The first-order valence-corrected chi connectivity index (χ1v) is 5.61. The van der Waals surface area contributed by atoms with E-state index in [1.165, 1.54) is 6.42 Å². The molecule has 0 aliphatic rings. The van der Waals surface area contributed by atoms with Gasteiger partial charge in [0.1, 0.15) is 23.4 Å². The Labute approximate surface area is 96.7 Å². The molecule has 1 N–H and O–H groups in total. The minimum Gasteiger partial charge on any atom is -0.370 e. The molecule has 4 nitrogen and oxygen atoms in total. The Morgan fingerprint density at radius 2 is 2.19 bits per heavy atom. The number of aromatic nitrogens is 2. The number of nitrogens with one attached hydrogen (secondary N) is 1. The molecule has 86 valence electrons. The lowest BCUT2D eigenvalue weighted by molar-refractivity contribution is 0.566. The maximum atomic E-state index is 8.76. The molecule has 0 saturated carbocycles. The fraction of sp³-hybridized carbons (Fsp3) is 0.583. The predicted molar refractivity (Wildman–Crippen MR) is 64.0 cm³/mol. The van der Waals surface area contributed by atoms with E-state index in [1.807, 2.05) is 6.07 Å². The van der Waals surface area contributed by atoms with Crippen LogP contribution in [0.15, 0.2) is 6.07 Å². The Balaban J connectivity index is 2.48. The van der Waals surface area contributed by atoms with Crippen molar-refractivity contribution in [2.75, 3.05) is 11.9 Å². The van der Waals surface area contributed by atoms with E-state index in [9.17, 15) is 0 Å². The van der Waals surface area contributed by atoms with E-state index < -0.39 is 0 Å². The Bertz CT molecular complexity index is 379. The quantitative estimate of drug-likeness (QED) is 0.771. The number of anilines is 1. The lowest BCUT2D eigenvalue weighted by Gasteiger charge is -2.07. The van der Waals surface area contributed by atoms with Gasteiger partial charge in [-0.2, -0.15) is 5.26 Å². The zero-order valence-corrected chi connectivity index (χ0v) is 10.1. The summed E-state index contributed by atoms with van der Waals surface area (Å²) < 4.78 is 0. The molecule has 1 rings (SSSR count). The van der Waals surface area contributed by atoms with Crippen LogP contribution in [0.4, 0.5) is 5.82 Å². The van der Waals surface area contributed by atoms with Gasteiger partial charge in [-0.3, -0.25) is 0 Å². The van der Waals surface area contributed by atoms with Crippen molar-refractivity contribution in [3.63, 3.8) is 0 Å². The first kappa shape index (κ1) is 12.4. The summed E-state index contributed by atoms with van der Waals surface area (Å²) in [5, 5.41) is 12.0. The summed E-state index contributed by atoms with van der Waals surface area (Å²) in [7, 11) is 0. The zero-order chi connectivity index (χ0) is 12.0. The highest BCUT2D eigenvalue weighted by atomic mass is 15.0. The standard InChI is InChI=1S/C12H18N4/c1-9(2)5-4-6-14-12-7-11(8-13)15-10(3)16-12/h7,9H,4-6H2,1-3H3,(H,14,15,16). The second-order valence-electron chi connectivity index (χ2n) is 4.26. The highest BCUT2D eigenvalue weighted by Crippen LogP contribution is 2.07. The topological polar surface area (TPSA) is 61.6 Å². The van der Waals surface area contributed by atoms with Crippen LogP contribution in [-0.2, 0) is 0 Å². The molecule has 0 radical (unpaired) electrons. The molecule has 0 unspecified atom stereocenters. The van der Waals surface area contributed by atoms with Crippen molar-refractivity contribution in [2.45, 2.75) is 33.6 Å². The number of hydrogen-bond acceptors (Lipinski definition) is 4. The van der Waals surface area contributed by atoms with E-state index in [1.54, 1.807) is 13.0 Å². The van der Waals surface area contributed by atoms with Gasteiger partial charge in [0.05, 0.1) is 0 Å². The molecule has 0 spiro atoms. The smallest absolute Gasteiger partial charge is 0.146 e. The third-order valence-corrected chi connectivity index (χ3v) is 2.22. The molecule has 0 fully saturated rings. The van der Waals surface area contributed by atoms with Gasteiger partial charge in [0.25, 0.3) is 0 Å². The molecule has 1 heterocycles. The molecule has 1 aromatic heterocycles. The summed E-state index contributed by atoms with van der Waals surface area (Å²) in [5.41, 5.74) is 0.416. The Hall–Kier alpha value is -1.63. The zero-order valence-electron chi connectivity index (χ0n) is 10.1. The van der Waals surface area contributed by atoms with E-state index in [0.717, 1.165) is 24.7 Å². The molecule has 16 heavy (non-hydrogen) atoms. The number of nitrogens with zero attached hydrogens (tertiary/aromatic N) is 3. The van der Waals surface area contributed by atoms with Crippen molar-refractivity contribution >= 4 is 5.82 Å². The Morgan fingerprint density at radius 1 is 1.44 bits per heavy atom. The van der Waals surface area contributed by atoms with E-state index >= 15 is 0 Å². The van der Waals surface area contributed by atoms with E-state index in [2.05, 4.69) is 29.1 Å². The van der Waals surface area contributed by atoms with Crippen molar-refractivity contribution in [1.82, 2.24) is 9.97 Å². The largest absolute Gasteiger partial charge is 0.370 e. The highest BCUT2D eigenvalue weighted by Gasteiger charge is 2.00. The summed E-state index contributed by atoms with van der Waals surface area (Å²) in [6, 6.07) is 3.71. The summed E-state index contributed by atoms with van der Waals surface area (Å²) >= 11 is 0. The van der Waals surface area contributed by atoms with Crippen LogP contribution in [0.2, 0.25) is 0 Å². The SMILES string of the molecule is Cc1nc(C#N)cc(NCCCC(C)C)n1. The molecular formula is C12H18N4. The van der Waals surface area contributed by atoms with Crippen molar-refractivity contribution < 1.29 is 0 Å². The van der Waals surface area contributed by atoms with Gasteiger partial charge in [-0.1, -0.05) is 13.8 Å². The minimum absolute atomic E-state index is 0.416. The third kappa shape index (κ3) is 4.26. The maximum Gasteiger partial charge on any atom is 0.146 e. The fourth-order valence-electron chi connectivity index (χ4n) is 1.44. The number of aryl methyl sites for hydroxylation is 1. The summed E-state index contributed by atoms with van der Waals surface area (Å²) in [6.45, 7) is 7.10. The predicted octanol–water partition coefficient (Wildman–Crippen LogP) is 2.50. The fourth-order valence-corrected chi connectivity index (χ4v) is 1.44. The van der Waals surface area contributed by atoms with Gasteiger partial charge in [-0.15, -0.1) is 0 Å². The molecule has 0 aliphatic heterocycles. The lowest BCUT2D eigenvalue weighted by Crippen LogP contribution is -2.06. The van der Waals surface area contributed by atoms with Crippen LogP contribution in [0.25, 0.3) is 0 Å². The molecule has 4 heteroatoms. The van der Waals surface area contributed by atoms with Gasteiger partial charge in [0.15, 0.2) is 0 Å². The first-order valence-electron chi connectivity index (χ1n) is 5.61. The maximum absolute atomic E-state index is 8.76. The average molecular weight is 218 g/mol. The van der Waals surface area contributed by atoms with Gasteiger partial charge in [0.2, 0.25) is 0 Å². The molecule has 0 amide bonds. The molecule has 0 aliphatic carbocycles. The van der Waals surface area contributed by atoms with Crippen LogP contribution in [0.1, 0.15) is 38.2 Å². The van der Waals surface area contributed by atoms with Crippen molar-refractivity contribution in [3.8, 4) is 6.07 Å². The highest BCUT2D eigenvalue weighted by molar-refractivity contribution is 5.39. The number of hydrogen-bond donors (Lipinski definition) is 1. The van der Waals surface area contributed by atoms with Crippen LogP contribution in [-0.4, -0.2) is 16.5 Å². The molecular weight excluding hydrogens is 200 g/mol. The second kappa shape index (κ2) is 6.06.